The Bertz CT molecular complexity index is 380. The second-order valence-electron chi connectivity index (χ2n) is 7.41. The van der Waals surface area contributed by atoms with Crippen molar-refractivity contribution in [1.82, 2.24) is 0 Å². The topological polar surface area (TPSA) is 49.7 Å². The van der Waals surface area contributed by atoms with Crippen molar-refractivity contribution in [2.24, 2.45) is 5.41 Å². The van der Waals surface area contributed by atoms with Gasteiger partial charge in [0.25, 0.3) is 0 Å². The van der Waals surface area contributed by atoms with Crippen molar-refractivity contribution in [3.05, 3.63) is 11.1 Å². The SMILES string of the molecule is CC1=C2CCC[C@H](OC(C)(C)C)[C@@]2(C)CC(O)C1O. The van der Waals surface area contributed by atoms with Crippen LogP contribution in [0.25, 0.3) is 0 Å². The molecule has 3 heteroatoms. The van der Waals surface area contributed by atoms with Crippen LogP contribution in [0.3, 0.4) is 0 Å². The Labute approximate surface area is 116 Å². The van der Waals surface area contributed by atoms with E-state index in [1.165, 1.54) is 5.57 Å². The van der Waals surface area contributed by atoms with Gasteiger partial charge in [0.05, 0.1) is 17.8 Å². The molecule has 0 aliphatic heterocycles. The number of fused-ring (bicyclic) bond motifs is 1. The maximum Gasteiger partial charge on any atom is 0.101 e. The largest absolute Gasteiger partial charge is 0.390 e. The van der Waals surface area contributed by atoms with Crippen LogP contribution in [0.5, 0.6) is 0 Å². The third-order valence-electron chi connectivity index (χ3n) is 4.71. The number of ether oxygens (including phenoxy) is 1. The lowest BCUT2D eigenvalue weighted by molar-refractivity contribution is -0.134. The maximum absolute atomic E-state index is 10.1. The lowest BCUT2D eigenvalue weighted by Gasteiger charge is -2.50. The standard InChI is InChI=1S/C16H28O3/c1-10-11-7-6-8-13(19-15(2,3)4)16(11,5)9-12(17)14(10)18/h12-14,17-18H,6-9H2,1-5H3/t12?,13-,14?,16-/m0/s1. The van der Waals surface area contributed by atoms with Gasteiger partial charge in [-0.05, 0) is 59.0 Å². The Morgan fingerprint density at radius 2 is 1.89 bits per heavy atom. The molecular weight excluding hydrogens is 240 g/mol. The molecule has 19 heavy (non-hydrogen) atoms. The highest BCUT2D eigenvalue weighted by molar-refractivity contribution is 5.31. The summed E-state index contributed by atoms with van der Waals surface area (Å²) in [5.41, 5.74) is 1.97. The van der Waals surface area contributed by atoms with Crippen molar-refractivity contribution in [3.63, 3.8) is 0 Å². The quantitative estimate of drug-likeness (QED) is 0.719. The summed E-state index contributed by atoms with van der Waals surface area (Å²) in [4.78, 5) is 0. The van der Waals surface area contributed by atoms with Crippen LogP contribution >= 0.6 is 0 Å². The molecule has 2 aliphatic carbocycles. The number of aliphatic hydroxyl groups is 2. The fourth-order valence-corrected chi connectivity index (χ4v) is 3.79. The van der Waals surface area contributed by atoms with Crippen LogP contribution in [0.4, 0.5) is 0 Å². The van der Waals surface area contributed by atoms with Gasteiger partial charge in [0.15, 0.2) is 0 Å². The summed E-state index contributed by atoms with van der Waals surface area (Å²) in [6.45, 7) is 10.4. The molecular formula is C16H28O3. The second-order valence-corrected chi connectivity index (χ2v) is 7.41. The third kappa shape index (κ3) is 2.74. The third-order valence-corrected chi connectivity index (χ3v) is 4.71. The van der Waals surface area contributed by atoms with Gasteiger partial charge in [0, 0.05) is 5.41 Å². The van der Waals surface area contributed by atoms with E-state index in [-0.39, 0.29) is 17.1 Å². The zero-order chi connectivity index (χ0) is 14.4. The van der Waals surface area contributed by atoms with E-state index in [2.05, 4.69) is 27.7 Å². The van der Waals surface area contributed by atoms with E-state index in [1.54, 1.807) is 0 Å². The fourth-order valence-electron chi connectivity index (χ4n) is 3.79. The van der Waals surface area contributed by atoms with E-state index in [4.69, 9.17) is 4.74 Å². The molecule has 0 amide bonds. The smallest absolute Gasteiger partial charge is 0.101 e. The Hall–Kier alpha value is -0.380. The Balaban J connectivity index is 2.35. The molecule has 0 heterocycles. The number of hydrogen-bond donors (Lipinski definition) is 2. The predicted octanol–water partition coefficient (Wildman–Crippen LogP) is 2.80. The minimum Gasteiger partial charge on any atom is -0.390 e. The van der Waals surface area contributed by atoms with Crippen LogP contribution in [-0.2, 0) is 4.74 Å². The highest BCUT2D eigenvalue weighted by Gasteiger charge is 2.48. The van der Waals surface area contributed by atoms with Crippen LogP contribution in [0.15, 0.2) is 11.1 Å². The molecule has 0 radical (unpaired) electrons. The number of rotatable bonds is 1. The first-order valence-electron chi connectivity index (χ1n) is 7.39. The molecule has 2 aliphatic rings. The molecule has 0 spiro atoms. The minimum atomic E-state index is -0.698. The van der Waals surface area contributed by atoms with Crippen molar-refractivity contribution >= 4 is 0 Å². The summed E-state index contributed by atoms with van der Waals surface area (Å²) < 4.78 is 6.26. The second kappa shape index (κ2) is 4.87. The summed E-state index contributed by atoms with van der Waals surface area (Å²) in [5.74, 6) is 0. The zero-order valence-electron chi connectivity index (χ0n) is 12.9. The van der Waals surface area contributed by atoms with E-state index in [9.17, 15) is 10.2 Å². The fraction of sp³-hybridized carbons (Fsp3) is 0.875. The van der Waals surface area contributed by atoms with Crippen LogP contribution in [0, 0.1) is 5.41 Å². The van der Waals surface area contributed by atoms with Crippen LogP contribution < -0.4 is 0 Å². The van der Waals surface area contributed by atoms with Gasteiger partial charge in [-0.1, -0.05) is 12.5 Å². The molecule has 0 aromatic rings. The van der Waals surface area contributed by atoms with Crippen molar-refractivity contribution in [2.75, 3.05) is 0 Å². The number of hydrogen-bond acceptors (Lipinski definition) is 3. The normalized spacial score (nSPS) is 40.3. The average Bonchev–Trinajstić information content (AvgIpc) is 2.26. The van der Waals surface area contributed by atoms with Gasteiger partial charge >= 0.3 is 0 Å². The van der Waals surface area contributed by atoms with Crippen LogP contribution in [-0.4, -0.2) is 34.1 Å². The van der Waals surface area contributed by atoms with Gasteiger partial charge in [-0.3, -0.25) is 0 Å². The van der Waals surface area contributed by atoms with Crippen molar-refractivity contribution < 1.29 is 14.9 Å². The van der Waals surface area contributed by atoms with Crippen LogP contribution in [0.2, 0.25) is 0 Å². The molecule has 2 N–H and O–H groups in total. The molecule has 1 fully saturated rings. The van der Waals surface area contributed by atoms with Gasteiger partial charge < -0.3 is 14.9 Å². The first-order chi connectivity index (χ1) is 8.65. The molecule has 0 bridgehead atoms. The Kier molecular flexibility index (Phi) is 3.85. The zero-order valence-corrected chi connectivity index (χ0v) is 12.9. The van der Waals surface area contributed by atoms with Crippen molar-refractivity contribution in [2.45, 2.75) is 84.2 Å². The van der Waals surface area contributed by atoms with Crippen molar-refractivity contribution in [3.8, 4) is 0 Å². The highest BCUT2D eigenvalue weighted by atomic mass is 16.5. The average molecular weight is 268 g/mol. The lowest BCUT2D eigenvalue weighted by atomic mass is 9.61. The van der Waals surface area contributed by atoms with E-state index >= 15 is 0 Å². The lowest BCUT2D eigenvalue weighted by Crippen LogP contribution is -2.50. The molecule has 0 aromatic carbocycles. The van der Waals surface area contributed by atoms with E-state index in [0.717, 1.165) is 24.8 Å². The van der Waals surface area contributed by atoms with Gasteiger partial charge in [-0.15, -0.1) is 0 Å². The molecule has 4 atom stereocenters. The summed E-state index contributed by atoms with van der Waals surface area (Å²) in [6, 6.07) is 0. The van der Waals surface area contributed by atoms with Gasteiger partial charge in [-0.2, -0.15) is 0 Å². The summed E-state index contributed by atoms with van der Waals surface area (Å²) in [7, 11) is 0. The van der Waals surface area contributed by atoms with Crippen molar-refractivity contribution in [1.29, 1.82) is 0 Å². The molecule has 2 unspecified atom stereocenters. The summed E-state index contributed by atoms with van der Waals surface area (Å²) >= 11 is 0. The molecule has 0 aromatic heterocycles. The molecule has 2 rings (SSSR count). The van der Waals surface area contributed by atoms with Crippen LogP contribution in [0.1, 0.15) is 60.3 Å². The highest BCUT2D eigenvalue weighted by Crippen LogP contribution is 2.51. The van der Waals surface area contributed by atoms with Gasteiger partial charge in [-0.25, -0.2) is 0 Å². The predicted molar refractivity (Wildman–Crippen MR) is 75.9 cm³/mol. The minimum absolute atomic E-state index is 0.131. The molecule has 1 saturated carbocycles. The monoisotopic (exact) mass is 268 g/mol. The van der Waals surface area contributed by atoms with Gasteiger partial charge in [0.1, 0.15) is 6.10 Å². The Morgan fingerprint density at radius 3 is 2.47 bits per heavy atom. The van der Waals surface area contributed by atoms with E-state index in [1.807, 2.05) is 6.92 Å². The first-order valence-corrected chi connectivity index (χ1v) is 7.39. The van der Waals surface area contributed by atoms with E-state index in [0.29, 0.717) is 6.42 Å². The summed E-state index contributed by atoms with van der Waals surface area (Å²) in [6.07, 6.45) is 2.53. The Morgan fingerprint density at radius 1 is 1.26 bits per heavy atom. The molecule has 0 saturated heterocycles. The number of aliphatic hydroxyl groups excluding tert-OH is 2. The molecule has 110 valence electrons. The van der Waals surface area contributed by atoms with E-state index < -0.39 is 12.2 Å². The van der Waals surface area contributed by atoms with Gasteiger partial charge in [0.2, 0.25) is 0 Å². The molecule has 3 nitrogen and oxygen atoms in total. The maximum atomic E-state index is 10.1. The first kappa shape index (κ1) is 15.0. The summed E-state index contributed by atoms with van der Waals surface area (Å²) in [5, 5.41) is 20.2.